The van der Waals surface area contributed by atoms with Gasteiger partial charge in [-0.3, -0.25) is 24.2 Å². The number of cyclic esters (lactones) is 1. The van der Waals surface area contributed by atoms with E-state index >= 15 is 0 Å². The summed E-state index contributed by atoms with van der Waals surface area (Å²) in [7, 11) is 0. The molecule has 0 radical (unpaired) electrons. The van der Waals surface area contributed by atoms with Gasteiger partial charge in [0.15, 0.2) is 18.2 Å². The molecule has 11 nitrogen and oxygen atoms in total. The number of benzene rings is 1. The van der Waals surface area contributed by atoms with Gasteiger partial charge in [-0.05, 0) is 12.1 Å². The van der Waals surface area contributed by atoms with Crippen molar-refractivity contribution in [2.75, 3.05) is 29.9 Å². The van der Waals surface area contributed by atoms with Crippen LogP contribution in [0.5, 0.6) is 5.88 Å². The van der Waals surface area contributed by atoms with Crippen LogP contribution in [0.1, 0.15) is 20.7 Å². The summed E-state index contributed by atoms with van der Waals surface area (Å²) in [4.78, 5) is 59.2. The van der Waals surface area contributed by atoms with Crippen molar-refractivity contribution in [3.8, 4) is 5.88 Å². The fourth-order valence-electron chi connectivity index (χ4n) is 3.40. The molecule has 5 rings (SSSR count). The van der Waals surface area contributed by atoms with Crippen LogP contribution in [-0.2, 0) is 9.53 Å². The maximum Gasteiger partial charge on any atom is 0.416 e. The van der Waals surface area contributed by atoms with Gasteiger partial charge in [0, 0.05) is 0 Å². The van der Waals surface area contributed by atoms with Crippen molar-refractivity contribution in [1.82, 2.24) is 14.9 Å². The molecule has 3 aliphatic heterocycles. The molecule has 1 fully saturated rings. The highest BCUT2D eigenvalue weighted by molar-refractivity contribution is 6.21. The number of nitrogens with zero attached hydrogens (tertiary/aromatic N) is 4. The third-order valence-corrected chi connectivity index (χ3v) is 4.74. The van der Waals surface area contributed by atoms with Crippen LogP contribution < -0.4 is 15.0 Å². The molecule has 29 heavy (non-hydrogen) atoms. The van der Waals surface area contributed by atoms with Crippen LogP contribution in [0.3, 0.4) is 0 Å². The van der Waals surface area contributed by atoms with Crippen molar-refractivity contribution in [2.45, 2.75) is 6.10 Å². The molecule has 1 atom stereocenters. The van der Waals surface area contributed by atoms with Gasteiger partial charge in [-0.2, -0.15) is 0 Å². The number of carbonyl (C=O) groups excluding carboxylic acids is 4. The van der Waals surface area contributed by atoms with E-state index in [-0.39, 0.29) is 43.1 Å². The largest absolute Gasteiger partial charge is 0.465 e. The van der Waals surface area contributed by atoms with E-state index in [1.165, 1.54) is 11.1 Å². The lowest BCUT2D eigenvalue weighted by Crippen LogP contribution is -2.38. The Labute approximate surface area is 163 Å². The highest BCUT2D eigenvalue weighted by Gasteiger charge is 2.41. The van der Waals surface area contributed by atoms with Gasteiger partial charge in [-0.1, -0.05) is 12.1 Å². The fraction of sp³-hybridized carbons (Fsp3) is 0.222. The van der Waals surface area contributed by atoms with Crippen molar-refractivity contribution in [3.63, 3.8) is 0 Å². The van der Waals surface area contributed by atoms with E-state index in [4.69, 9.17) is 9.47 Å². The van der Waals surface area contributed by atoms with Crippen molar-refractivity contribution < 1.29 is 28.7 Å². The Balaban J connectivity index is 1.33. The highest BCUT2D eigenvalue weighted by Crippen LogP contribution is 2.29. The third-order valence-electron chi connectivity index (χ3n) is 4.74. The zero-order valence-corrected chi connectivity index (χ0v) is 14.8. The Morgan fingerprint density at radius 2 is 1.83 bits per heavy atom. The van der Waals surface area contributed by atoms with Crippen LogP contribution in [0.2, 0.25) is 0 Å². The molecule has 1 aromatic heterocycles. The topological polar surface area (TPSA) is 131 Å². The smallest absolute Gasteiger partial charge is 0.416 e. The maximum atomic E-state index is 12.5. The first-order valence-corrected chi connectivity index (χ1v) is 8.74. The van der Waals surface area contributed by atoms with E-state index in [0.717, 1.165) is 4.90 Å². The summed E-state index contributed by atoms with van der Waals surface area (Å²) < 4.78 is 10.4. The number of hydrogen-bond donors (Lipinski definition) is 1. The van der Waals surface area contributed by atoms with Gasteiger partial charge in [0.1, 0.15) is 6.10 Å². The quantitative estimate of drug-likeness (QED) is 0.740. The van der Waals surface area contributed by atoms with Crippen LogP contribution in [0.25, 0.3) is 0 Å². The number of amides is 4. The van der Waals surface area contributed by atoms with E-state index in [1.807, 2.05) is 0 Å². The Morgan fingerprint density at radius 1 is 1.10 bits per heavy atom. The predicted molar refractivity (Wildman–Crippen MR) is 95.6 cm³/mol. The SMILES string of the molecule is O=C1COc2ncc(N3C[C@H](CN4C(=O)c5ccccc5C4=O)OC3=O)nc2N1. The van der Waals surface area contributed by atoms with E-state index < -0.39 is 24.0 Å². The molecule has 0 aliphatic carbocycles. The highest BCUT2D eigenvalue weighted by atomic mass is 16.6. The average molecular weight is 395 g/mol. The standard InChI is InChI=1S/C18H13N5O6/c24-13-8-28-15-14(21-13)20-12(5-19-15)22-6-9(29-18(22)27)7-23-16(25)10-3-1-2-4-11(10)17(23)26/h1-5,9H,6-8H2,(H,20,21,24)/t9-/m1/s1. The Morgan fingerprint density at radius 3 is 2.55 bits per heavy atom. The summed E-state index contributed by atoms with van der Waals surface area (Å²) in [6.45, 7) is -0.170. The number of rotatable bonds is 3. The lowest BCUT2D eigenvalue weighted by Gasteiger charge is -2.19. The van der Waals surface area contributed by atoms with E-state index in [1.54, 1.807) is 24.3 Å². The van der Waals surface area contributed by atoms with Crippen molar-refractivity contribution in [3.05, 3.63) is 41.6 Å². The van der Waals surface area contributed by atoms with Crippen molar-refractivity contribution >= 4 is 35.5 Å². The van der Waals surface area contributed by atoms with Crippen LogP contribution in [0.4, 0.5) is 16.4 Å². The fourth-order valence-corrected chi connectivity index (χ4v) is 3.40. The molecule has 0 unspecified atom stereocenters. The van der Waals surface area contributed by atoms with Gasteiger partial charge in [0.25, 0.3) is 23.6 Å². The molecule has 1 N–H and O–H groups in total. The minimum Gasteiger partial charge on any atom is -0.465 e. The summed E-state index contributed by atoms with van der Waals surface area (Å²) in [5.41, 5.74) is 0.657. The molecule has 0 bridgehead atoms. The summed E-state index contributed by atoms with van der Waals surface area (Å²) in [6.07, 6.45) is -0.0978. The second kappa shape index (κ2) is 6.26. The Bertz CT molecular complexity index is 1050. The first-order chi connectivity index (χ1) is 14.0. The molecular formula is C18H13N5O6. The van der Waals surface area contributed by atoms with Gasteiger partial charge in [-0.25, -0.2) is 14.8 Å². The number of imide groups is 1. The summed E-state index contributed by atoms with van der Waals surface area (Å²) in [5.74, 6) is -0.804. The van der Waals surface area contributed by atoms with Gasteiger partial charge in [-0.15, -0.1) is 0 Å². The van der Waals surface area contributed by atoms with Gasteiger partial charge in [0.2, 0.25) is 0 Å². The van der Waals surface area contributed by atoms with Crippen molar-refractivity contribution in [2.24, 2.45) is 0 Å². The van der Waals surface area contributed by atoms with Gasteiger partial charge >= 0.3 is 6.09 Å². The lowest BCUT2D eigenvalue weighted by atomic mass is 10.1. The molecule has 4 heterocycles. The van der Waals surface area contributed by atoms with Crippen LogP contribution in [0, 0.1) is 0 Å². The molecular weight excluding hydrogens is 382 g/mol. The van der Waals surface area contributed by atoms with Gasteiger partial charge in [0.05, 0.1) is 30.4 Å². The molecule has 2 aromatic rings. The molecule has 146 valence electrons. The lowest BCUT2D eigenvalue weighted by molar-refractivity contribution is -0.118. The molecule has 0 spiro atoms. The van der Waals surface area contributed by atoms with Crippen LogP contribution >= 0.6 is 0 Å². The summed E-state index contributed by atoms with van der Waals surface area (Å²) in [6, 6.07) is 6.54. The van der Waals surface area contributed by atoms with E-state index in [9.17, 15) is 19.2 Å². The Hall–Kier alpha value is -4.02. The molecule has 4 amide bonds. The second-order valence-corrected chi connectivity index (χ2v) is 6.60. The average Bonchev–Trinajstić information content (AvgIpc) is 3.20. The normalized spacial score (nSPS) is 20.2. The minimum atomic E-state index is -0.728. The number of ether oxygens (including phenoxy) is 2. The minimum absolute atomic E-state index is 0.0640. The first-order valence-electron chi connectivity index (χ1n) is 8.74. The number of hydrogen-bond acceptors (Lipinski definition) is 8. The van der Waals surface area contributed by atoms with Crippen LogP contribution in [-0.4, -0.2) is 64.5 Å². The molecule has 3 aliphatic rings. The van der Waals surface area contributed by atoms with Crippen LogP contribution in [0.15, 0.2) is 30.5 Å². The Kier molecular flexibility index (Phi) is 3.69. The maximum absolute atomic E-state index is 12.5. The van der Waals surface area contributed by atoms with Gasteiger partial charge < -0.3 is 14.8 Å². The van der Waals surface area contributed by atoms with E-state index in [0.29, 0.717) is 11.1 Å². The zero-order chi connectivity index (χ0) is 20.1. The molecule has 0 saturated carbocycles. The number of anilines is 2. The summed E-state index contributed by atoms with van der Waals surface area (Å²) >= 11 is 0. The van der Waals surface area contributed by atoms with Crippen molar-refractivity contribution in [1.29, 1.82) is 0 Å². The number of carbonyl (C=O) groups is 4. The molecule has 1 saturated heterocycles. The number of nitrogens with one attached hydrogen (secondary N) is 1. The summed E-state index contributed by atoms with van der Waals surface area (Å²) in [5, 5.41) is 2.52. The number of fused-ring (bicyclic) bond motifs is 2. The number of aromatic nitrogens is 2. The second-order valence-electron chi connectivity index (χ2n) is 6.60. The predicted octanol–water partition coefficient (Wildman–Crippen LogP) is 0.429. The van der Waals surface area contributed by atoms with E-state index in [2.05, 4.69) is 15.3 Å². The molecule has 11 heteroatoms. The monoisotopic (exact) mass is 395 g/mol. The third kappa shape index (κ3) is 2.74. The molecule has 1 aromatic carbocycles. The first kappa shape index (κ1) is 17.1. The zero-order valence-electron chi connectivity index (χ0n) is 14.8.